The average Bonchev–Trinajstić information content (AvgIpc) is 3.81. The van der Waals surface area contributed by atoms with Gasteiger partial charge in [0, 0.05) is 30.6 Å². The van der Waals surface area contributed by atoms with E-state index in [4.69, 9.17) is 52.1 Å². The molecule has 0 aromatic carbocycles. The topological polar surface area (TPSA) is 341 Å². The summed E-state index contributed by atoms with van der Waals surface area (Å²) in [7, 11) is 0. The van der Waals surface area contributed by atoms with Gasteiger partial charge in [0.05, 0.1) is 56.4 Å². The van der Waals surface area contributed by atoms with Gasteiger partial charge in [0.1, 0.15) is 73.2 Å². The zero-order valence-electron chi connectivity index (χ0n) is 43.0. The van der Waals surface area contributed by atoms with Crippen molar-refractivity contribution in [1.82, 2.24) is 0 Å². The van der Waals surface area contributed by atoms with Crippen LogP contribution in [-0.4, -0.2) is 229 Å². The second-order valence-corrected chi connectivity index (χ2v) is 23.8. The number of aliphatic hydroxyl groups is 11. The van der Waals surface area contributed by atoms with Crippen LogP contribution in [0.5, 0.6) is 0 Å². The summed E-state index contributed by atoms with van der Waals surface area (Å²) in [6.45, 7) is 12.0. The van der Waals surface area contributed by atoms with Gasteiger partial charge >= 0.3 is 5.97 Å². The quantitative estimate of drug-likeness (QED) is 0.0864. The van der Waals surface area contributed by atoms with E-state index in [1.807, 2.05) is 6.92 Å². The maximum Gasteiger partial charge on any atom is 0.303 e. The second-order valence-electron chi connectivity index (χ2n) is 23.8. The standard InChI is InChI=1S/C51H80O23/c1-18-15-66-51(44(63)40(18)71-46-38(61)35(58)33(56)20(3)67-46)19(2)32-30(74-51)14-27-25-9-8-23-12-24(53)13-31(50(23,7)26(25)10-11-49(27,32)6)70-48-43(73-47-39(62)36(59)41(21(4)68-47)69-22(5)52)42(29(55)17-65-48)72-45-37(60)34(57)28(54)16-64-45/h8,18-21,24-48,53-63H,9-17H2,1-7H3/t18-,19-,20+,21-,24+,25+,26-,27-,28+,29-,30-,31+,32-,33-,34-,35-,36-,37+,38+,39+,40-,41-,42-,43+,44-,45-,46-,47-,48-,49-,50-,51-/m0/s1. The molecule has 6 heterocycles. The number of esters is 1. The largest absolute Gasteiger partial charge is 0.457 e. The summed E-state index contributed by atoms with van der Waals surface area (Å²) in [5.41, 5.74) is 0.0828. The minimum absolute atomic E-state index is 0.0279. The number of aliphatic hydroxyl groups excluding tert-OH is 11. The summed E-state index contributed by atoms with van der Waals surface area (Å²) < 4.78 is 68.3. The molecule has 6 saturated heterocycles. The highest BCUT2D eigenvalue weighted by Crippen LogP contribution is 2.71. The van der Waals surface area contributed by atoms with Crippen molar-refractivity contribution in [2.45, 2.75) is 234 Å². The third-order valence-corrected chi connectivity index (χ3v) is 19.5. The minimum atomic E-state index is -1.80. The van der Waals surface area contributed by atoms with Crippen LogP contribution in [0.3, 0.4) is 0 Å². The Morgan fingerprint density at radius 3 is 2.00 bits per heavy atom. The maximum absolute atomic E-state index is 12.3. The molecule has 23 heteroatoms. The first-order chi connectivity index (χ1) is 34.9. The zero-order valence-corrected chi connectivity index (χ0v) is 43.0. The Hall–Kier alpha value is -1.63. The molecule has 0 unspecified atom stereocenters. The summed E-state index contributed by atoms with van der Waals surface area (Å²) in [6, 6.07) is 0. The molecule has 32 atom stereocenters. The number of fused-ring (bicyclic) bond motifs is 7. The smallest absolute Gasteiger partial charge is 0.303 e. The number of hydrogen-bond donors (Lipinski definition) is 11. The lowest BCUT2D eigenvalue weighted by Crippen LogP contribution is -2.65. The molecule has 422 valence electrons. The molecule has 11 N–H and O–H groups in total. The molecule has 10 rings (SSSR count). The summed E-state index contributed by atoms with van der Waals surface area (Å²) in [4.78, 5) is 11.9. The van der Waals surface area contributed by atoms with Crippen molar-refractivity contribution < 1.29 is 113 Å². The van der Waals surface area contributed by atoms with Crippen LogP contribution in [0.1, 0.15) is 87.0 Å². The van der Waals surface area contributed by atoms with Crippen LogP contribution in [0.15, 0.2) is 11.6 Å². The van der Waals surface area contributed by atoms with E-state index in [1.54, 1.807) is 6.92 Å². The van der Waals surface area contributed by atoms with Crippen molar-refractivity contribution in [1.29, 1.82) is 0 Å². The van der Waals surface area contributed by atoms with Crippen LogP contribution in [-0.2, 0) is 56.9 Å². The van der Waals surface area contributed by atoms with Gasteiger partial charge in [-0.1, -0.05) is 39.3 Å². The molecular weight excluding hydrogens is 981 g/mol. The van der Waals surface area contributed by atoms with Gasteiger partial charge in [-0.3, -0.25) is 4.79 Å². The van der Waals surface area contributed by atoms with Crippen molar-refractivity contribution in [3.8, 4) is 0 Å². The van der Waals surface area contributed by atoms with E-state index in [-0.39, 0.29) is 66.7 Å². The minimum Gasteiger partial charge on any atom is -0.457 e. The molecule has 9 fully saturated rings. The van der Waals surface area contributed by atoms with Crippen molar-refractivity contribution in [3.63, 3.8) is 0 Å². The normalized spacial score (nSPS) is 57.4. The Morgan fingerprint density at radius 1 is 0.649 bits per heavy atom. The lowest BCUT2D eigenvalue weighted by Gasteiger charge is -2.61. The molecule has 0 aromatic heterocycles. The lowest BCUT2D eigenvalue weighted by atomic mass is 9.46. The predicted octanol–water partition coefficient (Wildman–Crippen LogP) is -2.17. The monoisotopic (exact) mass is 1060 g/mol. The van der Waals surface area contributed by atoms with Gasteiger partial charge in [0.25, 0.3) is 0 Å². The van der Waals surface area contributed by atoms with Crippen LogP contribution in [0.25, 0.3) is 0 Å². The molecule has 74 heavy (non-hydrogen) atoms. The third-order valence-electron chi connectivity index (χ3n) is 19.5. The van der Waals surface area contributed by atoms with E-state index in [9.17, 15) is 61.0 Å². The molecule has 1 spiro atoms. The van der Waals surface area contributed by atoms with Crippen LogP contribution in [0.4, 0.5) is 0 Å². The number of carbonyl (C=O) groups excluding carboxylic acids is 1. The molecule has 10 aliphatic rings. The van der Waals surface area contributed by atoms with E-state index in [0.29, 0.717) is 12.8 Å². The van der Waals surface area contributed by atoms with Gasteiger partial charge in [-0.25, -0.2) is 0 Å². The molecular formula is C51H80O23. The highest BCUT2D eigenvalue weighted by Gasteiger charge is 2.72. The highest BCUT2D eigenvalue weighted by atomic mass is 16.8. The van der Waals surface area contributed by atoms with E-state index >= 15 is 0 Å². The van der Waals surface area contributed by atoms with Crippen molar-refractivity contribution in [2.75, 3.05) is 19.8 Å². The molecule has 6 aliphatic heterocycles. The summed E-state index contributed by atoms with van der Waals surface area (Å²) in [5, 5.41) is 121. The summed E-state index contributed by atoms with van der Waals surface area (Å²) >= 11 is 0. The van der Waals surface area contributed by atoms with Crippen LogP contribution < -0.4 is 0 Å². The Bertz CT molecular complexity index is 2040. The van der Waals surface area contributed by atoms with Gasteiger partial charge in [-0.15, -0.1) is 0 Å². The number of carbonyl (C=O) groups is 1. The predicted molar refractivity (Wildman–Crippen MR) is 247 cm³/mol. The van der Waals surface area contributed by atoms with Crippen molar-refractivity contribution in [3.05, 3.63) is 11.6 Å². The van der Waals surface area contributed by atoms with E-state index in [1.165, 1.54) is 6.92 Å². The third kappa shape index (κ3) is 9.15. The Kier molecular flexibility index (Phi) is 15.6. The van der Waals surface area contributed by atoms with Gasteiger partial charge in [-0.05, 0) is 75.0 Å². The fraction of sp³-hybridized carbons (Fsp3) is 0.941. The molecule has 23 nitrogen and oxygen atoms in total. The summed E-state index contributed by atoms with van der Waals surface area (Å²) in [6.07, 6.45) is -24.4. The molecule has 0 aromatic rings. The first-order valence-electron chi connectivity index (χ1n) is 26.7. The second kappa shape index (κ2) is 20.8. The number of allylic oxidation sites excluding steroid dienone is 1. The number of ether oxygens (including phenoxy) is 11. The van der Waals surface area contributed by atoms with Gasteiger partial charge in [-0.2, -0.15) is 0 Å². The highest BCUT2D eigenvalue weighted by molar-refractivity contribution is 5.66. The SMILES string of the molecule is CC(=O)O[C@@H]1[C@@H](O)[C@@H](O)[C@H](O[C@H]2[C@H](O[C@@H]3C[C@H](O)CC4=CC[C@H]5[C@@H]6C[C@@H]7O[C@@]8(OC[C@H](C)[C@H](O[C@@H]9O[C@H](C)[C@H](O)[C@H](O)[C@H]9O)[C@@H]8O)[C@@H](C)[C@@H]7[C@@]6(C)CC[C@@H]5[C@]43C)OC[C@H](O)[C@@H]2O[C@@H]2OC[C@@H](O)[C@H](O)[C@H]2O)O[C@H]1C. The van der Waals surface area contributed by atoms with Gasteiger partial charge < -0.3 is 108 Å². The van der Waals surface area contributed by atoms with Crippen molar-refractivity contribution >= 4 is 5.97 Å². The lowest BCUT2D eigenvalue weighted by molar-refractivity contribution is -0.382. The fourth-order valence-electron chi connectivity index (χ4n) is 15.5. The average molecular weight is 1060 g/mol. The van der Waals surface area contributed by atoms with Crippen LogP contribution >= 0.6 is 0 Å². The number of hydrogen-bond acceptors (Lipinski definition) is 23. The van der Waals surface area contributed by atoms with Crippen LogP contribution in [0, 0.1) is 46.3 Å². The molecule has 3 saturated carbocycles. The van der Waals surface area contributed by atoms with Crippen molar-refractivity contribution in [2.24, 2.45) is 46.3 Å². The Labute approximate surface area is 429 Å². The summed E-state index contributed by atoms with van der Waals surface area (Å²) in [5.74, 6) is -2.49. The first-order valence-corrected chi connectivity index (χ1v) is 26.7. The fourth-order valence-corrected chi connectivity index (χ4v) is 15.5. The molecule has 0 bridgehead atoms. The van der Waals surface area contributed by atoms with E-state index in [0.717, 1.165) is 31.8 Å². The van der Waals surface area contributed by atoms with Gasteiger partial charge in [0.2, 0.25) is 0 Å². The number of rotatable bonds is 9. The van der Waals surface area contributed by atoms with E-state index < -0.39 is 159 Å². The maximum atomic E-state index is 12.3. The van der Waals surface area contributed by atoms with E-state index in [2.05, 4.69) is 26.8 Å². The zero-order chi connectivity index (χ0) is 53.2. The van der Waals surface area contributed by atoms with Crippen LogP contribution in [0.2, 0.25) is 0 Å². The first kappa shape index (κ1) is 55.7. The molecule has 0 radical (unpaired) electrons. The van der Waals surface area contributed by atoms with Gasteiger partial charge in [0.15, 0.2) is 37.1 Å². The molecule has 0 amide bonds. The Balaban J connectivity index is 0.897. The Morgan fingerprint density at radius 2 is 1.28 bits per heavy atom. The molecule has 4 aliphatic carbocycles.